The lowest BCUT2D eigenvalue weighted by molar-refractivity contribution is 0.636. The Balaban J connectivity index is 1.91. The summed E-state index contributed by atoms with van der Waals surface area (Å²) in [6.07, 6.45) is 4.85. The van der Waals surface area contributed by atoms with Crippen LogP contribution >= 0.6 is 0 Å². The number of nitrogens with one attached hydrogen (secondary N) is 1. The monoisotopic (exact) mass is 254 g/mol. The van der Waals surface area contributed by atoms with Crippen molar-refractivity contribution in [3.8, 4) is 0 Å². The van der Waals surface area contributed by atoms with Gasteiger partial charge in [0.25, 0.3) is 0 Å². The molecular formula is C14H11FN4. The first-order valence-electron chi connectivity index (χ1n) is 5.86. The summed E-state index contributed by atoms with van der Waals surface area (Å²) in [5.41, 5.74) is 1.36. The van der Waals surface area contributed by atoms with E-state index in [1.165, 1.54) is 12.4 Å². The largest absolute Gasteiger partial charge is 0.365 e. The van der Waals surface area contributed by atoms with Gasteiger partial charge in [-0.2, -0.15) is 0 Å². The van der Waals surface area contributed by atoms with Crippen LogP contribution in [0.5, 0.6) is 0 Å². The molecule has 0 atom stereocenters. The Morgan fingerprint density at radius 1 is 1.11 bits per heavy atom. The van der Waals surface area contributed by atoms with E-state index in [0.717, 1.165) is 5.56 Å². The molecule has 19 heavy (non-hydrogen) atoms. The molecule has 0 saturated carbocycles. The Hall–Kier alpha value is -2.56. The van der Waals surface area contributed by atoms with Crippen molar-refractivity contribution in [3.05, 3.63) is 60.4 Å². The van der Waals surface area contributed by atoms with Crippen LogP contribution in [0, 0.1) is 5.82 Å². The van der Waals surface area contributed by atoms with E-state index in [4.69, 9.17) is 0 Å². The highest BCUT2D eigenvalue weighted by molar-refractivity contribution is 5.89. The van der Waals surface area contributed by atoms with Crippen LogP contribution in [0.3, 0.4) is 0 Å². The summed E-state index contributed by atoms with van der Waals surface area (Å²) >= 11 is 0. The predicted octanol–water partition coefficient (Wildman–Crippen LogP) is 2.78. The van der Waals surface area contributed by atoms with Gasteiger partial charge in [0.1, 0.15) is 23.5 Å². The Morgan fingerprint density at radius 2 is 2.05 bits per heavy atom. The molecule has 3 aromatic rings. The fourth-order valence-corrected chi connectivity index (χ4v) is 1.88. The van der Waals surface area contributed by atoms with E-state index in [0.29, 0.717) is 23.3 Å². The van der Waals surface area contributed by atoms with Crippen LogP contribution in [-0.4, -0.2) is 15.0 Å². The van der Waals surface area contributed by atoms with E-state index in [9.17, 15) is 4.39 Å². The fourth-order valence-electron chi connectivity index (χ4n) is 1.88. The molecule has 0 unspecified atom stereocenters. The standard InChI is InChI=1S/C14H11FN4/c15-12-5-1-4-11-13(12)18-9-19-14(11)17-8-10-3-2-6-16-7-10/h1-7,9H,8H2,(H,17,18,19). The highest BCUT2D eigenvalue weighted by Gasteiger charge is 2.06. The highest BCUT2D eigenvalue weighted by Crippen LogP contribution is 2.21. The van der Waals surface area contributed by atoms with Gasteiger partial charge in [0.2, 0.25) is 0 Å². The van der Waals surface area contributed by atoms with Gasteiger partial charge in [-0.1, -0.05) is 12.1 Å². The average molecular weight is 254 g/mol. The number of halogens is 1. The molecule has 0 radical (unpaired) electrons. The Bertz CT molecular complexity index is 700. The van der Waals surface area contributed by atoms with Crippen LogP contribution in [0.1, 0.15) is 5.56 Å². The van der Waals surface area contributed by atoms with Gasteiger partial charge in [-0.25, -0.2) is 14.4 Å². The van der Waals surface area contributed by atoms with Gasteiger partial charge in [-0.3, -0.25) is 4.98 Å². The Labute approximate surface area is 109 Å². The Morgan fingerprint density at radius 3 is 2.89 bits per heavy atom. The molecule has 4 nitrogen and oxygen atoms in total. The molecular weight excluding hydrogens is 243 g/mol. The molecule has 0 fully saturated rings. The van der Waals surface area contributed by atoms with E-state index in [-0.39, 0.29) is 5.82 Å². The molecule has 1 N–H and O–H groups in total. The predicted molar refractivity (Wildman–Crippen MR) is 71.1 cm³/mol. The Kier molecular flexibility index (Phi) is 3.02. The number of pyridine rings is 1. The molecule has 3 rings (SSSR count). The molecule has 94 valence electrons. The second kappa shape index (κ2) is 4.97. The SMILES string of the molecule is Fc1cccc2c(NCc3cccnc3)ncnc12. The quantitative estimate of drug-likeness (QED) is 0.780. The minimum absolute atomic E-state index is 0.325. The first-order valence-corrected chi connectivity index (χ1v) is 5.86. The molecule has 1 aromatic carbocycles. The first kappa shape index (κ1) is 11.5. The third kappa shape index (κ3) is 2.35. The van der Waals surface area contributed by atoms with Crippen molar-refractivity contribution >= 4 is 16.7 Å². The van der Waals surface area contributed by atoms with Gasteiger partial charge in [-0.15, -0.1) is 0 Å². The summed E-state index contributed by atoms with van der Waals surface area (Å²) in [5.74, 6) is 0.276. The lowest BCUT2D eigenvalue weighted by atomic mass is 10.2. The van der Waals surface area contributed by atoms with Gasteiger partial charge in [0, 0.05) is 24.3 Å². The summed E-state index contributed by atoms with van der Waals surface area (Å²) in [6, 6.07) is 8.67. The minimum Gasteiger partial charge on any atom is -0.365 e. The molecule has 2 heterocycles. The van der Waals surface area contributed by atoms with Crippen LogP contribution in [0.2, 0.25) is 0 Å². The molecule has 0 aliphatic carbocycles. The van der Waals surface area contributed by atoms with Crippen LogP contribution in [0.25, 0.3) is 10.9 Å². The summed E-state index contributed by atoms with van der Waals surface area (Å²) in [5, 5.41) is 3.85. The third-order valence-corrected chi connectivity index (χ3v) is 2.80. The normalized spacial score (nSPS) is 10.6. The van der Waals surface area contributed by atoms with E-state index in [1.54, 1.807) is 24.5 Å². The van der Waals surface area contributed by atoms with Gasteiger partial charge in [-0.05, 0) is 23.8 Å². The molecule has 0 aliphatic rings. The van der Waals surface area contributed by atoms with Crippen molar-refractivity contribution in [1.82, 2.24) is 15.0 Å². The van der Waals surface area contributed by atoms with Gasteiger partial charge in [0.15, 0.2) is 0 Å². The zero-order valence-corrected chi connectivity index (χ0v) is 10.0. The van der Waals surface area contributed by atoms with E-state index in [1.807, 2.05) is 12.1 Å². The van der Waals surface area contributed by atoms with Crippen molar-refractivity contribution in [3.63, 3.8) is 0 Å². The number of anilines is 1. The maximum Gasteiger partial charge on any atom is 0.149 e. The first-order chi connectivity index (χ1) is 9.34. The zero-order valence-electron chi connectivity index (χ0n) is 10.0. The van der Waals surface area contributed by atoms with Crippen molar-refractivity contribution in [2.24, 2.45) is 0 Å². The molecule has 5 heteroatoms. The average Bonchev–Trinajstić information content (AvgIpc) is 2.47. The maximum atomic E-state index is 13.6. The number of fused-ring (bicyclic) bond motifs is 1. The number of benzene rings is 1. The minimum atomic E-state index is -0.343. The van der Waals surface area contributed by atoms with Crippen molar-refractivity contribution < 1.29 is 4.39 Å². The lowest BCUT2D eigenvalue weighted by Crippen LogP contribution is -2.03. The number of nitrogens with zero attached hydrogens (tertiary/aromatic N) is 3. The summed E-state index contributed by atoms with van der Waals surface area (Å²) < 4.78 is 13.6. The van der Waals surface area contributed by atoms with Crippen LogP contribution in [0.4, 0.5) is 10.2 Å². The number of para-hydroxylation sites is 1. The van der Waals surface area contributed by atoms with Gasteiger partial charge >= 0.3 is 0 Å². The topological polar surface area (TPSA) is 50.7 Å². The number of hydrogen-bond acceptors (Lipinski definition) is 4. The molecule has 0 bridgehead atoms. The number of aromatic nitrogens is 3. The molecule has 0 amide bonds. The van der Waals surface area contributed by atoms with Crippen molar-refractivity contribution in [2.75, 3.05) is 5.32 Å². The molecule has 0 aliphatic heterocycles. The van der Waals surface area contributed by atoms with Gasteiger partial charge < -0.3 is 5.32 Å². The van der Waals surface area contributed by atoms with Crippen LogP contribution < -0.4 is 5.32 Å². The van der Waals surface area contributed by atoms with Crippen LogP contribution in [0.15, 0.2) is 49.1 Å². The van der Waals surface area contributed by atoms with E-state index in [2.05, 4.69) is 20.3 Å². The second-order valence-electron chi connectivity index (χ2n) is 4.07. The van der Waals surface area contributed by atoms with E-state index >= 15 is 0 Å². The lowest BCUT2D eigenvalue weighted by Gasteiger charge is -2.08. The molecule has 0 saturated heterocycles. The van der Waals surface area contributed by atoms with Crippen molar-refractivity contribution in [2.45, 2.75) is 6.54 Å². The zero-order chi connectivity index (χ0) is 13.1. The number of rotatable bonds is 3. The highest BCUT2D eigenvalue weighted by atomic mass is 19.1. The third-order valence-electron chi connectivity index (χ3n) is 2.80. The fraction of sp³-hybridized carbons (Fsp3) is 0.0714. The number of hydrogen-bond donors (Lipinski definition) is 1. The van der Waals surface area contributed by atoms with Crippen LogP contribution in [-0.2, 0) is 6.54 Å². The van der Waals surface area contributed by atoms with E-state index < -0.39 is 0 Å². The summed E-state index contributed by atoms with van der Waals surface area (Å²) in [6.45, 7) is 0.580. The summed E-state index contributed by atoms with van der Waals surface area (Å²) in [4.78, 5) is 12.2. The molecule has 0 spiro atoms. The van der Waals surface area contributed by atoms with Crippen molar-refractivity contribution in [1.29, 1.82) is 0 Å². The van der Waals surface area contributed by atoms with Gasteiger partial charge in [0.05, 0.1) is 0 Å². The maximum absolute atomic E-state index is 13.6. The summed E-state index contributed by atoms with van der Waals surface area (Å²) in [7, 11) is 0. The second-order valence-corrected chi connectivity index (χ2v) is 4.07. The molecule has 2 aromatic heterocycles. The smallest absolute Gasteiger partial charge is 0.149 e.